The van der Waals surface area contributed by atoms with Gasteiger partial charge in [0, 0.05) is 62.4 Å². The Hall–Kier alpha value is -5.76. The summed E-state index contributed by atoms with van der Waals surface area (Å²) in [6.07, 6.45) is -2.65. The molecule has 286 valence electrons. The zero-order valence-electron chi connectivity index (χ0n) is 29.7. The van der Waals surface area contributed by atoms with Gasteiger partial charge in [0.25, 0.3) is 0 Å². The fourth-order valence-electron chi connectivity index (χ4n) is 10.1. The lowest BCUT2D eigenvalue weighted by molar-refractivity contribution is -0.156. The van der Waals surface area contributed by atoms with Gasteiger partial charge in [-0.3, -0.25) is 28.8 Å². The molecule has 20 nitrogen and oxygen atoms in total. The van der Waals surface area contributed by atoms with E-state index < -0.39 is 108 Å². The molecule has 2 aliphatic carbocycles. The Bertz CT molecular complexity index is 1930. The second-order valence-electron chi connectivity index (χ2n) is 14.5. The van der Waals surface area contributed by atoms with Crippen molar-refractivity contribution in [3.8, 4) is 0 Å². The summed E-state index contributed by atoms with van der Waals surface area (Å²) in [6.45, 7) is 2.29. The number of methoxy groups -OCH3 is 2. The Morgan fingerprint density at radius 3 is 1.31 bits per heavy atom. The van der Waals surface area contributed by atoms with Gasteiger partial charge in [-0.25, -0.2) is 9.59 Å². The molecule has 6 heterocycles. The van der Waals surface area contributed by atoms with E-state index in [2.05, 4.69) is 0 Å². The SMILES string of the molecule is CO[C@@]12[C@H](COC(N)=O)C3=C(C(=O)C(C)=C(N)C3=O)N1C[C@H]1[C@@H]2N1C(=O)CCC(=O)N1[C@H]2[C@@H]1CN1C3=C(C(=O)C(N)=C(C)C3=O)[C@@H](COC(N)=O)[C@@]21OC. The Labute approximate surface area is 306 Å². The van der Waals surface area contributed by atoms with Crippen molar-refractivity contribution in [2.24, 2.45) is 34.8 Å². The lowest BCUT2D eigenvalue weighted by atomic mass is 9.82. The highest BCUT2D eigenvalue weighted by Gasteiger charge is 2.79. The molecule has 20 heteroatoms. The molecule has 6 aliphatic heterocycles. The molecule has 4 saturated heterocycles. The summed E-state index contributed by atoms with van der Waals surface area (Å²) in [7, 11) is 2.74. The third kappa shape index (κ3) is 4.14. The van der Waals surface area contributed by atoms with Crippen LogP contribution in [0, 0.1) is 11.8 Å². The monoisotopic (exact) mass is 750 g/mol. The molecule has 0 bridgehead atoms. The molecule has 0 aromatic carbocycles. The van der Waals surface area contributed by atoms with Crippen LogP contribution in [0.5, 0.6) is 0 Å². The lowest BCUT2D eigenvalue weighted by Gasteiger charge is -2.41. The van der Waals surface area contributed by atoms with Gasteiger partial charge in [-0.05, 0) is 13.8 Å². The lowest BCUT2D eigenvalue weighted by Crippen LogP contribution is -2.56. The van der Waals surface area contributed by atoms with Gasteiger partial charge in [0.2, 0.25) is 34.9 Å². The number of Topliss-reactive ketones (excluding diaryl/α,β-unsaturated/α-hetero) is 4. The molecule has 8 atom stereocenters. The molecule has 8 aliphatic rings. The number of amides is 4. The number of hydrogen-bond acceptors (Lipinski definition) is 16. The van der Waals surface area contributed by atoms with Crippen LogP contribution in [0.3, 0.4) is 0 Å². The Balaban J connectivity index is 0.994. The molecule has 0 radical (unpaired) electrons. The van der Waals surface area contributed by atoms with E-state index in [0.29, 0.717) is 0 Å². The van der Waals surface area contributed by atoms with Gasteiger partial charge in [0.05, 0.1) is 46.7 Å². The van der Waals surface area contributed by atoms with Crippen LogP contribution in [0.1, 0.15) is 26.7 Å². The number of ketones is 4. The minimum Gasteiger partial charge on any atom is -0.449 e. The third-order valence-electron chi connectivity index (χ3n) is 12.5. The number of piperazine rings is 2. The van der Waals surface area contributed by atoms with Gasteiger partial charge < -0.3 is 61.5 Å². The second kappa shape index (κ2) is 11.4. The highest BCUT2D eigenvalue weighted by atomic mass is 16.6. The van der Waals surface area contributed by atoms with E-state index in [0.717, 1.165) is 0 Å². The number of rotatable bonds is 9. The van der Waals surface area contributed by atoms with Crippen LogP contribution in [-0.4, -0.2) is 143 Å². The molecule has 4 fully saturated rings. The van der Waals surface area contributed by atoms with E-state index >= 15 is 0 Å². The zero-order chi connectivity index (χ0) is 39.1. The normalized spacial score (nSPS) is 34.3. The summed E-state index contributed by atoms with van der Waals surface area (Å²) in [5.74, 6) is -4.98. The summed E-state index contributed by atoms with van der Waals surface area (Å²) in [5, 5.41) is 0. The number of ether oxygens (including phenoxy) is 4. The second-order valence-corrected chi connectivity index (χ2v) is 14.5. The Morgan fingerprint density at radius 2 is 1.00 bits per heavy atom. The first-order valence-corrected chi connectivity index (χ1v) is 17.2. The van der Waals surface area contributed by atoms with E-state index in [1.807, 2.05) is 0 Å². The summed E-state index contributed by atoms with van der Waals surface area (Å²) >= 11 is 0. The molecule has 54 heavy (non-hydrogen) atoms. The largest absolute Gasteiger partial charge is 0.449 e. The molecule has 0 aromatic rings. The molecule has 8 N–H and O–H groups in total. The maximum absolute atomic E-state index is 13.8. The van der Waals surface area contributed by atoms with Crippen molar-refractivity contribution in [1.29, 1.82) is 0 Å². The Morgan fingerprint density at radius 1 is 0.648 bits per heavy atom. The minimum atomic E-state index is -1.46. The third-order valence-corrected chi connectivity index (χ3v) is 12.5. The predicted octanol–water partition coefficient (Wildman–Crippen LogP) is -3.03. The van der Waals surface area contributed by atoms with Crippen molar-refractivity contribution >= 4 is 47.1 Å². The van der Waals surface area contributed by atoms with Crippen molar-refractivity contribution in [1.82, 2.24) is 19.6 Å². The number of primary amides is 2. The van der Waals surface area contributed by atoms with E-state index in [4.69, 9.17) is 41.9 Å². The molecule has 0 spiro atoms. The van der Waals surface area contributed by atoms with Crippen LogP contribution >= 0.6 is 0 Å². The van der Waals surface area contributed by atoms with Gasteiger partial charge in [0.15, 0.2) is 11.4 Å². The molecule has 0 saturated carbocycles. The molecule has 0 aromatic heterocycles. The number of allylic oxidation sites excluding steroid dienone is 4. The summed E-state index contributed by atoms with van der Waals surface area (Å²) < 4.78 is 22.4. The van der Waals surface area contributed by atoms with Gasteiger partial charge in [-0.2, -0.15) is 0 Å². The van der Waals surface area contributed by atoms with Crippen LogP contribution in [0.15, 0.2) is 45.1 Å². The quantitative estimate of drug-likeness (QED) is 0.135. The average molecular weight is 751 g/mol. The van der Waals surface area contributed by atoms with E-state index in [1.165, 1.54) is 37.9 Å². The summed E-state index contributed by atoms with van der Waals surface area (Å²) in [4.78, 5) is 111. The smallest absolute Gasteiger partial charge is 0.404 e. The average Bonchev–Trinajstić information content (AvgIpc) is 3.87. The zero-order valence-corrected chi connectivity index (χ0v) is 29.7. The van der Waals surface area contributed by atoms with Gasteiger partial charge in [0.1, 0.15) is 25.3 Å². The summed E-state index contributed by atoms with van der Waals surface area (Å²) in [6, 6.07) is -2.24. The molecule has 4 amide bonds. The van der Waals surface area contributed by atoms with Gasteiger partial charge >= 0.3 is 12.2 Å². The van der Waals surface area contributed by atoms with E-state index in [9.17, 15) is 38.4 Å². The summed E-state index contributed by atoms with van der Waals surface area (Å²) in [5.41, 5.74) is 19.5. The fraction of sp³-hybridized carbons (Fsp3) is 0.529. The number of fused-ring (bicyclic) bond motifs is 8. The molecule has 0 unspecified atom stereocenters. The maximum Gasteiger partial charge on any atom is 0.404 e. The number of nitrogens with zero attached hydrogens (tertiary/aromatic N) is 4. The highest BCUT2D eigenvalue weighted by molar-refractivity contribution is 6.26. The van der Waals surface area contributed by atoms with Crippen LogP contribution < -0.4 is 22.9 Å². The molecular formula is C34H38N8O12. The standard InChI is InChI=1S/C34H38N8O12/c1-11-21(35)27(47)19-13(9-53-31(37)49)33(51-3)29-15(7-39(33)23(19)25(11)45)41(29)17(43)5-6-18(44)42-16-8-40-24-20(28(48)22(36)12(2)26(24)46)14(10-54-32(38)50)34(40,52-4)30(16)42/h13-16,29-30H,5-10,35-36H2,1-4H3,(H2,37,49)(H2,38,50)/t13-,14-,15+,16+,29+,30+,33-,34-,41?,42?/m1/s1. The first-order chi connectivity index (χ1) is 25.5. The Kier molecular flexibility index (Phi) is 7.43. The van der Waals surface area contributed by atoms with Crippen LogP contribution in [0.2, 0.25) is 0 Å². The van der Waals surface area contributed by atoms with Crippen molar-refractivity contribution < 1.29 is 57.3 Å². The number of carbonyl (C=O) groups is 8. The van der Waals surface area contributed by atoms with Crippen LogP contribution in [-0.2, 0) is 47.7 Å². The first kappa shape index (κ1) is 35.3. The number of nitrogens with two attached hydrogens (primary N) is 4. The van der Waals surface area contributed by atoms with Gasteiger partial charge in [-0.1, -0.05) is 0 Å². The topological polar surface area (TPSA) is 290 Å². The maximum atomic E-state index is 13.8. The van der Waals surface area contributed by atoms with E-state index in [-0.39, 0.29) is 71.0 Å². The minimum absolute atomic E-state index is 0.0213. The van der Waals surface area contributed by atoms with Crippen LogP contribution in [0.4, 0.5) is 9.59 Å². The van der Waals surface area contributed by atoms with Crippen LogP contribution in [0.25, 0.3) is 0 Å². The number of hydrogen-bond donors (Lipinski definition) is 4. The fourth-order valence-corrected chi connectivity index (χ4v) is 10.1. The molecular weight excluding hydrogens is 712 g/mol. The van der Waals surface area contributed by atoms with Crippen molar-refractivity contribution in [3.63, 3.8) is 0 Å². The van der Waals surface area contributed by atoms with E-state index in [1.54, 1.807) is 9.80 Å². The predicted molar refractivity (Wildman–Crippen MR) is 177 cm³/mol. The molecule has 8 rings (SSSR count). The van der Waals surface area contributed by atoms with Gasteiger partial charge in [-0.15, -0.1) is 0 Å². The van der Waals surface area contributed by atoms with Crippen molar-refractivity contribution in [2.75, 3.05) is 40.5 Å². The first-order valence-electron chi connectivity index (χ1n) is 17.2. The van der Waals surface area contributed by atoms with Crippen molar-refractivity contribution in [2.45, 2.75) is 62.3 Å². The number of carbonyl (C=O) groups excluding carboxylic acids is 8. The highest BCUT2D eigenvalue weighted by Crippen LogP contribution is 2.61. The van der Waals surface area contributed by atoms with Crippen molar-refractivity contribution in [3.05, 3.63) is 45.1 Å².